The van der Waals surface area contributed by atoms with E-state index in [0.29, 0.717) is 22.9 Å². The van der Waals surface area contributed by atoms with E-state index in [1.165, 1.54) is 0 Å². The van der Waals surface area contributed by atoms with Crippen LogP contribution in [-0.2, 0) is 0 Å². The maximum absolute atomic E-state index is 12.6. The number of benzene rings is 1. The van der Waals surface area contributed by atoms with Gasteiger partial charge in [0.1, 0.15) is 5.75 Å². The predicted molar refractivity (Wildman–Crippen MR) is 111 cm³/mol. The lowest BCUT2D eigenvalue weighted by Gasteiger charge is -2.08. The van der Waals surface area contributed by atoms with E-state index in [1.54, 1.807) is 36.8 Å². The molecule has 1 amide bonds. The molecule has 29 heavy (non-hydrogen) atoms. The van der Waals surface area contributed by atoms with Crippen molar-refractivity contribution in [3.05, 3.63) is 72.2 Å². The Morgan fingerprint density at radius 3 is 2.52 bits per heavy atom. The van der Waals surface area contributed by atoms with Crippen LogP contribution in [0.25, 0.3) is 11.0 Å². The van der Waals surface area contributed by atoms with Gasteiger partial charge in [0.2, 0.25) is 5.88 Å². The molecule has 4 aromatic rings. The van der Waals surface area contributed by atoms with E-state index in [2.05, 4.69) is 20.4 Å². The Bertz CT molecular complexity index is 1150. The van der Waals surface area contributed by atoms with Crippen LogP contribution in [0.4, 0.5) is 5.69 Å². The number of rotatable bonds is 5. The van der Waals surface area contributed by atoms with E-state index in [9.17, 15) is 4.79 Å². The second kappa shape index (κ2) is 7.71. The molecule has 0 bridgehead atoms. The van der Waals surface area contributed by atoms with Gasteiger partial charge >= 0.3 is 0 Å². The van der Waals surface area contributed by atoms with Gasteiger partial charge in [0.15, 0.2) is 5.65 Å². The highest BCUT2D eigenvalue weighted by Crippen LogP contribution is 2.21. The highest BCUT2D eigenvalue weighted by molar-refractivity contribution is 6.05. The zero-order valence-corrected chi connectivity index (χ0v) is 16.5. The number of carbonyl (C=O) groups excluding carboxylic acids is 1. The summed E-state index contributed by atoms with van der Waals surface area (Å²) >= 11 is 0. The first-order valence-corrected chi connectivity index (χ1v) is 9.35. The molecule has 0 saturated carbocycles. The van der Waals surface area contributed by atoms with Crippen LogP contribution in [0.2, 0.25) is 0 Å². The van der Waals surface area contributed by atoms with Gasteiger partial charge in [0, 0.05) is 23.7 Å². The summed E-state index contributed by atoms with van der Waals surface area (Å²) in [7, 11) is 0. The molecule has 0 radical (unpaired) electrons. The lowest BCUT2D eigenvalue weighted by molar-refractivity contribution is 0.102. The SMILES string of the molecule is Cc1ccc(Oc2ccc(NC(=O)c3cnc4c(cnn4C(C)C)c3)cn2)cc1. The Kier molecular flexibility index (Phi) is 4.95. The zero-order valence-electron chi connectivity index (χ0n) is 16.5. The average Bonchev–Trinajstić information content (AvgIpc) is 3.15. The number of hydrogen-bond acceptors (Lipinski definition) is 5. The average molecular weight is 387 g/mol. The fourth-order valence-electron chi connectivity index (χ4n) is 2.89. The summed E-state index contributed by atoms with van der Waals surface area (Å²) in [5.74, 6) is 0.906. The molecule has 7 nitrogen and oxygen atoms in total. The Labute approximate surface area is 168 Å². The van der Waals surface area contributed by atoms with Gasteiger partial charge in [-0.3, -0.25) is 4.79 Å². The van der Waals surface area contributed by atoms with Crippen molar-refractivity contribution in [1.82, 2.24) is 19.7 Å². The standard InChI is InChI=1S/C22H21N5O2/c1-14(2)27-21-16(12-25-27)10-17(11-24-21)22(28)26-18-6-9-20(23-13-18)29-19-7-4-15(3)5-8-19/h4-14H,1-3H3,(H,26,28). The Morgan fingerprint density at radius 1 is 1.03 bits per heavy atom. The van der Waals surface area contributed by atoms with Crippen LogP contribution in [0.3, 0.4) is 0 Å². The minimum absolute atomic E-state index is 0.200. The topological polar surface area (TPSA) is 81.9 Å². The molecule has 1 N–H and O–H groups in total. The van der Waals surface area contributed by atoms with Gasteiger partial charge < -0.3 is 10.1 Å². The molecule has 0 aliphatic rings. The molecular formula is C22H21N5O2. The monoisotopic (exact) mass is 387 g/mol. The maximum atomic E-state index is 12.6. The first kappa shape index (κ1) is 18.6. The quantitative estimate of drug-likeness (QED) is 0.534. The second-order valence-electron chi connectivity index (χ2n) is 7.07. The number of fused-ring (bicyclic) bond motifs is 1. The summed E-state index contributed by atoms with van der Waals surface area (Å²) in [6.45, 7) is 6.09. The number of amides is 1. The van der Waals surface area contributed by atoms with Crippen LogP contribution in [0.15, 0.2) is 61.1 Å². The Hall–Kier alpha value is -3.74. The van der Waals surface area contributed by atoms with Crippen molar-refractivity contribution in [2.45, 2.75) is 26.8 Å². The van der Waals surface area contributed by atoms with E-state index in [1.807, 2.05) is 49.7 Å². The van der Waals surface area contributed by atoms with E-state index >= 15 is 0 Å². The number of pyridine rings is 2. The van der Waals surface area contributed by atoms with E-state index < -0.39 is 0 Å². The smallest absolute Gasteiger partial charge is 0.257 e. The highest BCUT2D eigenvalue weighted by Gasteiger charge is 2.12. The molecule has 4 rings (SSSR count). The van der Waals surface area contributed by atoms with Crippen LogP contribution in [0.5, 0.6) is 11.6 Å². The molecule has 0 spiro atoms. The lowest BCUT2D eigenvalue weighted by Crippen LogP contribution is -2.12. The van der Waals surface area contributed by atoms with Crippen molar-refractivity contribution in [3.8, 4) is 11.6 Å². The number of nitrogens with zero attached hydrogens (tertiary/aromatic N) is 4. The predicted octanol–water partition coefficient (Wildman–Crippen LogP) is 4.76. The number of ether oxygens (including phenoxy) is 1. The number of hydrogen-bond donors (Lipinski definition) is 1. The zero-order chi connectivity index (χ0) is 20.4. The molecule has 1 aromatic carbocycles. The number of aryl methyl sites for hydroxylation is 1. The van der Waals surface area contributed by atoms with Gasteiger partial charge in [0.05, 0.1) is 23.6 Å². The molecule has 0 aliphatic carbocycles. The van der Waals surface area contributed by atoms with Crippen molar-refractivity contribution >= 4 is 22.6 Å². The highest BCUT2D eigenvalue weighted by atomic mass is 16.5. The first-order chi connectivity index (χ1) is 14.0. The van der Waals surface area contributed by atoms with Gasteiger partial charge in [0.25, 0.3) is 5.91 Å². The van der Waals surface area contributed by atoms with Crippen LogP contribution in [0.1, 0.15) is 35.8 Å². The summed E-state index contributed by atoms with van der Waals surface area (Å²) in [5.41, 5.74) is 2.95. The normalized spacial score (nSPS) is 11.0. The Balaban J connectivity index is 1.45. The van der Waals surface area contributed by atoms with E-state index in [4.69, 9.17) is 4.74 Å². The molecule has 7 heteroatoms. The number of anilines is 1. The Morgan fingerprint density at radius 2 is 1.83 bits per heavy atom. The maximum Gasteiger partial charge on any atom is 0.257 e. The van der Waals surface area contributed by atoms with Crippen molar-refractivity contribution in [3.63, 3.8) is 0 Å². The number of aromatic nitrogens is 4. The number of nitrogens with one attached hydrogen (secondary N) is 1. The summed E-state index contributed by atoms with van der Waals surface area (Å²) in [6.07, 6.45) is 4.84. The second-order valence-corrected chi connectivity index (χ2v) is 7.07. The van der Waals surface area contributed by atoms with Crippen LogP contribution >= 0.6 is 0 Å². The van der Waals surface area contributed by atoms with Crippen LogP contribution in [0, 0.1) is 6.92 Å². The summed E-state index contributed by atoms with van der Waals surface area (Å²) in [4.78, 5) is 21.2. The molecule has 0 fully saturated rings. The lowest BCUT2D eigenvalue weighted by atomic mass is 10.2. The summed E-state index contributed by atoms with van der Waals surface area (Å²) in [5, 5.41) is 7.98. The third kappa shape index (κ3) is 4.08. The fourth-order valence-corrected chi connectivity index (χ4v) is 2.89. The molecule has 3 heterocycles. The van der Waals surface area contributed by atoms with E-state index in [0.717, 1.165) is 16.6 Å². The van der Waals surface area contributed by atoms with Crippen LogP contribution in [-0.4, -0.2) is 25.7 Å². The molecule has 0 aliphatic heterocycles. The van der Waals surface area contributed by atoms with Crippen LogP contribution < -0.4 is 10.1 Å². The van der Waals surface area contributed by atoms with Gasteiger partial charge in [-0.2, -0.15) is 5.10 Å². The van der Waals surface area contributed by atoms with Gasteiger partial charge in [-0.25, -0.2) is 14.6 Å². The fraction of sp³-hybridized carbons (Fsp3) is 0.182. The minimum Gasteiger partial charge on any atom is -0.439 e. The third-order valence-corrected chi connectivity index (χ3v) is 4.42. The summed E-state index contributed by atoms with van der Waals surface area (Å²) in [6, 6.07) is 13.2. The van der Waals surface area contributed by atoms with Crippen molar-refractivity contribution in [2.24, 2.45) is 0 Å². The number of carbonyl (C=O) groups is 1. The van der Waals surface area contributed by atoms with Crippen molar-refractivity contribution < 1.29 is 9.53 Å². The molecule has 146 valence electrons. The molecular weight excluding hydrogens is 366 g/mol. The molecule has 0 atom stereocenters. The molecule has 0 unspecified atom stereocenters. The molecule has 0 saturated heterocycles. The minimum atomic E-state index is -0.259. The van der Waals surface area contributed by atoms with Crippen molar-refractivity contribution in [2.75, 3.05) is 5.32 Å². The largest absolute Gasteiger partial charge is 0.439 e. The first-order valence-electron chi connectivity index (χ1n) is 9.35. The molecule has 3 aromatic heterocycles. The summed E-state index contributed by atoms with van der Waals surface area (Å²) < 4.78 is 7.53. The third-order valence-electron chi connectivity index (χ3n) is 4.42. The van der Waals surface area contributed by atoms with Gasteiger partial charge in [-0.05, 0) is 45.0 Å². The van der Waals surface area contributed by atoms with Gasteiger partial charge in [-0.1, -0.05) is 17.7 Å². The van der Waals surface area contributed by atoms with Crippen molar-refractivity contribution in [1.29, 1.82) is 0 Å². The van der Waals surface area contributed by atoms with E-state index in [-0.39, 0.29) is 11.9 Å². The van der Waals surface area contributed by atoms with Gasteiger partial charge in [-0.15, -0.1) is 0 Å².